The van der Waals surface area contributed by atoms with Crippen LogP contribution in [-0.4, -0.2) is 12.1 Å². The molecular weight excluding hydrogens is 208 g/mol. The number of anilines is 1. The van der Waals surface area contributed by atoms with E-state index in [0.29, 0.717) is 18.0 Å². The van der Waals surface area contributed by atoms with E-state index in [4.69, 9.17) is 5.73 Å². The summed E-state index contributed by atoms with van der Waals surface area (Å²) in [7, 11) is 0. The van der Waals surface area contributed by atoms with Crippen molar-refractivity contribution in [1.82, 2.24) is 0 Å². The fraction of sp³-hybridized carbons (Fsp3) is 0.600. The number of nitrogens with two attached hydrogens (primary N) is 1. The van der Waals surface area contributed by atoms with Crippen molar-refractivity contribution in [3.8, 4) is 0 Å². The van der Waals surface area contributed by atoms with Gasteiger partial charge in [0.05, 0.1) is 0 Å². The number of rotatable bonds is 3. The summed E-state index contributed by atoms with van der Waals surface area (Å²) in [5.41, 5.74) is 8.74. The Labute approximate surface area is 105 Å². The fourth-order valence-electron chi connectivity index (χ4n) is 2.52. The predicted molar refractivity (Wildman–Crippen MR) is 74.4 cm³/mol. The van der Waals surface area contributed by atoms with Crippen molar-refractivity contribution in [2.75, 3.05) is 5.32 Å². The van der Waals surface area contributed by atoms with Crippen LogP contribution in [0, 0.1) is 0 Å². The van der Waals surface area contributed by atoms with Crippen LogP contribution >= 0.6 is 0 Å². The summed E-state index contributed by atoms with van der Waals surface area (Å²) >= 11 is 0. The molecule has 3 N–H and O–H groups in total. The van der Waals surface area contributed by atoms with Gasteiger partial charge in [-0.05, 0) is 36.5 Å². The van der Waals surface area contributed by atoms with Crippen LogP contribution in [0.25, 0.3) is 0 Å². The normalized spacial score (nSPS) is 24.9. The van der Waals surface area contributed by atoms with Gasteiger partial charge in [0.1, 0.15) is 0 Å². The van der Waals surface area contributed by atoms with E-state index in [1.54, 1.807) is 0 Å². The molecule has 0 spiro atoms. The highest BCUT2D eigenvalue weighted by molar-refractivity contribution is 5.46. The molecule has 1 aliphatic carbocycles. The summed E-state index contributed by atoms with van der Waals surface area (Å²) < 4.78 is 0. The smallest absolute Gasteiger partial charge is 0.0412 e. The van der Waals surface area contributed by atoms with E-state index >= 15 is 0 Å². The molecule has 0 heterocycles. The quantitative estimate of drug-likeness (QED) is 0.837. The zero-order valence-corrected chi connectivity index (χ0v) is 10.9. The summed E-state index contributed by atoms with van der Waals surface area (Å²) in [4.78, 5) is 0. The van der Waals surface area contributed by atoms with Crippen molar-refractivity contribution in [2.45, 2.75) is 57.5 Å². The maximum absolute atomic E-state index is 6.14. The van der Waals surface area contributed by atoms with Crippen molar-refractivity contribution >= 4 is 5.69 Å². The zero-order chi connectivity index (χ0) is 12.3. The van der Waals surface area contributed by atoms with Crippen LogP contribution in [0.3, 0.4) is 0 Å². The Morgan fingerprint density at radius 1 is 1.12 bits per heavy atom. The largest absolute Gasteiger partial charge is 0.381 e. The van der Waals surface area contributed by atoms with E-state index in [9.17, 15) is 0 Å². The second kappa shape index (κ2) is 5.54. The van der Waals surface area contributed by atoms with Crippen molar-refractivity contribution in [1.29, 1.82) is 0 Å². The van der Waals surface area contributed by atoms with Crippen molar-refractivity contribution in [3.05, 3.63) is 29.8 Å². The Balaban J connectivity index is 1.98. The lowest BCUT2D eigenvalue weighted by Crippen LogP contribution is -2.42. The molecule has 0 amide bonds. The van der Waals surface area contributed by atoms with Crippen LogP contribution in [-0.2, 0) is 0 Å². The summed E-state index contributed by atoms with van der Waals surface area (Å²) in [5.74, 6) is 0.598. The first-order valence-electron chi connectivity index (χ1n) is 6.79. The van der Waals surface area contributed by atoms with Crippen molar-refractivity contribution < 1.29 is 0 Å². The molecule has 2 atom stereocenters. The van der Waals surface area contributed by atoms with Gasteiger partial charge >= 0.3 is 0 Å². The summed E-state index contributed by atoms with van der Waals surface area (Å²) in [5, 5.41) is 3.57. The Bertz CT molecular complexity index is 342. The van der Waals surface area contributed by atoms with E-state index in [-0.39, 0.29) is 0 Å². The number of nitrogens with one attached hydrogen (secondary N) is 1. The minimum absolute atomic E-state index is 0.313. The fourth-order valence-corrected chi connectivity index (χ4v) is 2.52. The number of benzene rings is 1. The molecule has 0 bridgehead atoms. The molecule has 2 heteroatoms. The molecule has 1 fully saturated rings. The molecule has 1 aromatic rings. The second-order valence-corrected chi connectivity index (χ2v) is 5.48. The minimum Gasteiger partial charge on any atom is -0.381 e. The third kappa shape index (κ3) is 3.22. The molecule has 2 nitrogen and oxygen atoms in total. The molecule has 0 aromatic heterocycles. The Morgan fingerprint density at radius 3 is 2.35 bits per heavy atom. The van der Waals surface area contributed by atoms with E-state index in [0.717, 1.165) is 6.42 Å². The van der Waals surface area contributed by atoms with Gasteiger partial charge in [-0.25, -0.2) is 0 Å². The van der Waals surface area contributed by atoms with Gasteiger partial charge in [-0.3, -0.25) is 0 Å². The van der Waals surface area contributed by atoms with Crippen LogP contribution in [0.15, 0.2) is 24.3 Å². The van der Waals surface area contributed by atoms with Crippen LogP contribution in [0.4, 0.5) is 5.69 Å². The lowest BCUT2D eigenvalue weighted by molar-refractivity contribution is 0.404. The third-order valence-electron chi connectivity index (χ3n) is 3.75. The monoisotopic (exact) mass is 232 g/mol. The Morgan fingerprint density at radius 2 is 1.76 bits per heavy atom. The average Bonchev–Trinajstić information content (AvgIpc) is 2.33. The molecule has 1 saturated carbocycles. The maximum Gasteiger partial charge on any atom is 0.0412 e. The van der Waals surface area contributed by atoms with Gasteiger partial charge in [0.15, 0.2) is 0 Å². The minimum atomic E-state index is 0.313. The van der Waals surface area contributed by atoms with Gasteiger partial charge in [-0.1, -0.05) is 38.8 Å². The molecule has 17 heavy (non-hydrogen) atoms. The Hall–Kier alpha value is -1.02. The summed E-state index contributed by atoms with van der Waals surface area (Å²) in [6.45, 7) is 4.44. The van der Waals surface area contributed by atoms with Crippen molar-refractivity contribution in [2.24, 2.45) is 5.73 Å². The first kappa shape index (κ1) is 12.4. The SMILES string of the molecule is CC(C)c1ccc(NC2CCCCC2N)cc1. The molecule has 1 aromatic carbocycles. The predicted octanol–water partition coefficient (Wildman–Crippen LogP) is 3.49. The lowest BCUT2D eigenvalue weighted by atomic mass is 9.91. The van der Waals surface area contributed by atoms with Crippen molar-refractivity contribution in [3.63, 3.8) is 0 Å². The maximum atomic E-state index is 6.14. The van der Waals surface area contributed by atoms with E-state index < -0.39 is 0 Å². The molecule has 0 aliphatic heterocycles. The van der Waals surface area contributed by atoms with E-state index in [1.807, 2.05) is 0 Å². The van der Waals surface area contributed by atoms with Crippen LogP contribution in [0.1, 0.15) is 51.0 Å². The molecule has 2 rings (SSSR count). The molecule has 0 saturated heterocycles. The van der Waals surface area contributed by atoms with Gasteiger partial charge in [-0.2, -0.15) is 0 Å². The highest BCUT2D eigenvalue weighted by atomic mass is 15.0. The Kier molecular flexibility index (Phi) is 4.06. The second-order valence-electron chi connectivity index (χ2n) is 5.48. The van der Waals surface area contributed by atoms with Gasteiger partial charge in [0.2, 0.25) is 0 Å². The standard InChI is InChI=1S/C15H24N2/c1-11(2)12-7-9-13(10-8-12)17-15-6-4-3-5-14(15)16/h7-11,14-15,17H,3-6,16H2,1-2H3. The van der Waals surface area contributed by atoms with Gasteiger partial charge in [0, 0.05) is 17.8 Å². The number of hydrogen-bond donors (Lipinski definition) is 2. The first-order chi connectivity index (χ1) is 8.16. The van der Waals surface area contributed by atoms with Crippen LogP contribution in [0.5, 0.6) is 0 Å². The lowest BCUT2D eigenvalue weighted by Gasteiger charge is -2.30. The highest BCUT2D eigenvalue weighted by Crippen LogP contribution is 2.22. The van der Waals surface area contributed by atoms with Gasteiger partial charge < -0.3 is 11.1 Å². The summed E-state index contributed by atoms with van der Waals surface area (Å²) in [6.07, 6.45) is 4.94. The topological polar surface area (TPSA) is 38.0 Å². The average molecular weight is 232 g/mol. The van der Waals surface area contributed by atoms with Gasteiger partial charge in [0.25, 0.3) is 0 Å². The van der Waals surface area contributed by atoms with Gasteiger partial charge in [-0.15, -0.1) is 0 Å². The highest BCUT2D eigenvalue weighted by Gasteiger charge is 2.21. The third-order valence-corrected chi connectivity index (χ3v) is 3.75. The molecule has 2 unspecified atom stereocenters. The zero-order valence-electron chi connectivity index (χ0n) is 10.9. The molecule has 94 valence electrons. The van der Waals surface area contributed by atoms with E-state index in [2.05, 4.69) is 43.4 Å². The van der Waals surface area contributed by atoms with Crippen LogP contribution in [0.2, 0.25) is 0 Å². The molecule has 0 radical (unpaired) electrons. The molecule has 1 aliphatic rings. The first-order valence-corrected chi connectivity index (χ1v) is 6.79. The number of hydrogen-bond acceptors (Lipinski definition) is 2. The van der Waals surface area contributed by atoms with Crippen LogP contribution < -0.4 is 11.1 Å². The van der Waals surface area contributed by atoms with E-state index in [1.165, 1.54) is 30.5 Å². The summed E-state index contributed by atoms with van der Waals surface area (Å²) in [6, 6.07) is 9.54. The molecular formula is C15H24N2.